The Balaban J connectivity index is 2.09. The van der Waals surface area contributed by atoms with Gasteiger partial charge in [0.15, 0.2) is 5.82 Å². The lowest BCUT2D eigenvalue weighted by Crippen LogP contribution is -2.32. The number of carbonyl (C=O) groups is 1. The molecule has 0 aliphatic heterocycles. The zero-order valence-corrected chi connectivity index (χ0v) is 15.3. The largest absolute Gasteiger partial charge is 0.480 e. The molecule has 0 radical (unpaired) electrons. The van der Waals surface area contributed by atoms with E-state index in [2.05, 4.69) is 4.98 Å². The van der Waals surface area contributed by atoms with Gasteiger partial charge in [-0.25, -0.2) is 9.78 Å². The van der Waals surface area contributed by atoms with Crippen LogP contribution in [0.25, 0.3) is 21.7 Å². The predicted molar refractivity (Wildman–Crippen MR) is 101 cm³/mol. The monoisotopic (exact) mass is 369 g/mol. The van der Waals surface area contributed by atoms with E-state index in [-0.39, 0.29) is 5.56 Å². The van der Waals surface area contributed by atoms with Gasteiger partial charge in [0, 0.05) is 11.1 Å². The molecular weight excluding hydrogens is 350 g/mol. The molecule has 3 heterocycles. The van der Waals surface area contributed by atoms with Crippen molar-refractivity contribution in [2.24, 2.45) is 0 Å². The normalized spacial score (nSPS) is 15.0. The van der Waals surface area contributed by atoms with E-state index < -0.39 is 12.0 Å². The number of pyridine rings is 1. The number of aromatic nitrogens is 3. The highest BCUT2D eigenvalue weighted by atomic mass is 32.1. The Labute approximate surface area is 154 Å². The summed E-state index contributed by atoms with van der Waals surface area (Å²) in [6.45, 7) is 1.76. The van der Waals surface area contributed by atoms with Crippen LogP contribution in [0.3, 0.4) is 0 Å². The van der Waals surface area contributed by atoms with Gasteiger partial charge in [-0.15, -0.1) is 11.3 Å². The zero-order chi connectivity index (χ0) is 18.3. The second-order valence-electron chi connectivity index (χ2n) is 6.48. The number of hydrogen-bond acceptors (Lipinski definition) is 5. The molecule has 0 aromatic carbocycles. The van der Waals surface area contributed by atoms with Crippen LogP contribution in [0.15, 0.2) is 29.2 Å². The number of hydrogen-bond donors (Lipinski definition) is 1. The van der Waals surface area contributed by atoms with Crippen LogP contribution in [0.2, 0.25) is 0 Å². The first-order valence-electron chi connectivity index (χ1n) is 8.82. The fourth-order valence-electron chi connectivity index (χ4n) is 3.65. The van der Waals surface area contributed by atoms with Gasteiger partial charge < -0.3 is 5.11 Å². The Hall–Kier alpha value is -2.54. The van der Waals surface area contributed by atoms with Gasteiger partial charge in [0.2, 0.25) is 0 Å². The number of nitrogens with zero attached hydrogens (tertiary/aromatic N) is 3. The molecule has 0 amide bonds. The number of carboxylic acid groups (broad SMARTS) is 1. The highest BCUT2D eigenvalue weighted by Crippen LogP contribution is 2.35. The number of fused-ring (bicyclic) bond motifs is 3. The number of rotatable bonds is 4. The maximum Gasteiger partial charge on any atom is 0.326 e. The summed E-state index contributed by atoms with van der Waals surface area (Å²) in [4.78, 5) is 36.2. The molecular formula is C19H19N3O3S. The topological polar surface area (TPSA) is 85.1 Å². The molecule has 1 aliphatic rings. The van der Waals surface area contributed by atoms with Crippen molar-refractivity contribution < 1.29 is 9.90 Å². The average Bonchev–Trinajstić information content (AvgIpc) is 3.03. The second kappa shape index (κ2) is 6.64. The Bertz CT molecular complexity index is 1040. The van der Waals surface area contributed by atoms with Gasteiger partial charge in [0.25, 0.3) is 5.56 Å². The smallest absolute Gasteiger partial charge is 0.326 e. The molecule has 1 aliphatic carbocycles. The van der Waals surface area contributed by atoms with E-state index >= 15 is 0 Å². The van der Waals surface area contributed by atoms with E-state index in [9.17, 15) is 14.7 Å². The third-order valence-electron chi connectivity index (χ3n) is 4.90. The highest BCUT2D eigenvalue weighted by molar-refractivity contribution is 7.18. The van der Waals surface area contributed by atoms with Crippen LogP contribution in [0.4, 0.5) is 0 Å². The van der Waals surface area contributed by atoms with Crippen molar-refractivity contribution in [2.75, 3.05) is 0 Å². The Morgan fingerprint density at radius 1 is 1.35 bits per heavy atom. The third-order valence-corrected chi connectivity index (χ3v) is 6.08. The fourth-order valence-corrected chi connectivity index (χ4v) is 4.90. The third kappa shape index (κ3) is 2.63. The lowest BCUT2D eigenvalue weighted by atomic mass is 9.97. The molecule has 1 unspecified atom stereocenters. The molecule has 3 aromatic heterocycles. The van der Waals surface area contributed by atoms with Crippen molar-refractivity contribution in [1.29, 1.82) is 0 Å². The lowest BCUT2D eigenvalue weighted by molar-refractivity contribution is -0.141. The summed E-state index contributed by atoms with van der Waals surface area (Å²) in [6.07, 6.45) is 5.92. The van der Waals surface area contributed by atoms with Crippen molar-refractivity contribution in [3.05, 3.63) is 45.2 Å². The Morgan fingerprint density at radius 3 is 2.85 bits per heavy atom. The quantitative estimate of drug-likeness (QED) is 0.761. The van der Waals surface area contributed by atoms with Crippen LogP contribution < -0.4 is 5.56 Å². The van der Waals surface area contributed by atoms with Gasteiger partial charge in [0.05, 0.1) is 5.39 Å². The van der Waals surface area contributed by atoms with Crippen LogP contribution in [0, 0.1) is 0 Å². The molecule has 1 atom stereocenters. The van der Waals surface area contributed by atoms with Gasteiger partial charge >= 0.3 is 5.97 Å². The summed E-state index contributed by atoms with van der Waals surface area (Å²) in [5.41, 5.74) is 1.32. The first-order chi connectivity index (χ1) is 12.6. The number of aliphatic carboxylic acids is 1. The second-order valence-corrected chi connectivity index (χ2v) is 7.56. The van der Waals surface area contributed by atoms with Crippen molar-refractivity contribution in [3.63, 3.8) is 0 Å². The fraction of sp³-hybridized carbons (Fsp3) is 0.368. The van der Waals surface area contributed by atoms with E-state index in [1.54, 1.807) is 36.6 Å². The molecule has 1 N–H and O–H groups in total. The van der Waals surface area contributed by atoms with Gasteiger partial charge in [-0.2, -0.15) is 0 Å². The minimum atomic E-state index is -1.03. The molecule has 4 rings (SSSR count). The molecule has 26 heavy (non-hydrogen) atoms. The maximum absolute atomic E-state index is 13.4. The van der Waals surface area contributed by atoms with E-state index in [1.807, 2.05) is 6.07 Å². The van der Waals surface area contributed by atoms with E-state index in [0.717, 1.165) is 31.2 Å². The van der Waals surface area contributed by atoms with E-state index in [1.165, 1.54) is 9.44 Å². The first kappa shape index (κ1) is 16.9. The molecule has 0 saturated carbocycles. The van der Waals surface area contributed by atoms with Gasteiger partial charge in [-0.3, -0.25) is 14.3 Å². The molecule has 0 fully saturated rings. The highest BCUT2D eigenvalue weighted by Gasteiger charge is 2.28. The summed E-state index contributed by atoms with van der Waals surface area (Å²) in [5, 5.41) is 10.3. The Kier molecular flexibility index (Phi) is 4.32. The molecule has 0 saturated heterocycles. The Morgan fingerprint density at radius 2 is 2.15 bits per heavy atom. The molecule has 0 spiro atoms. The van der Waals surface area contributed by atoms with Gasteiger partial charge in [0.1, 0.15) is 16.6 Å². The minimum Gasteiger partial charge on any atom is -0.480 e. The predicted octanol–water partition coefficient (Wildman–Crippen LogP) is 3.43. The summed E-state index contributed by atoms with van der Waals surface area (Å²) in [7, 11) is 0. The van der Waals surface area contributed by atoms with E-state index in [0.29, 0.717) is 28.2 Å². The maximum atomic E-state index is 13.4. The first-order valence-corrected chi connectivity index (χ1v) is 9.64. The van der Waals surface area contributed by atoms with Crippen LogP contribution in [-0.4, -0.2) is 25.6 Å². The summed E-state index contributed by atoms with van der Waals surface area (Å²) in [6, 6.07) is 4.38. The SMILES string of the molecule is CCC(C(=O)O)n1c(-c2ccccn2)nc2sc3c(c2c1=O)CCCC3. The summed E-state index contributed by atoms with van der Waals surface area (Å²) in [5.74, 6) is -0.701. The van der Waals surface area contributed by atoms with Crippen molar-refractivity contribution in [1.82, 2.24) is 14.5 Å². The number of carboxylic acids is 1. The molecule has 3 aromatic rings. The van der Waals surface area contributed by atoms with Crippen molar-refractivity contribution >= 4 is 27.5 Å². The van der Waals surface area contributed by atoms with Crippen molar-refractivity contribution in [2.45, 2.75) is 45.1 Å². The lowest BCUT2D eigenvalue weighted by Gasteiger charge is -2.18. The average molecular weight is 369 g/mol. The number of thiophene rings is 1. The number of aryl methyl sites for hydroxylation is 2. The molecule has 134 valence electrons. The molecule has 6 nitrogen and oxygen atoms in total. The molecule has 0 bridgehead atoms. The molecule has 7 heteroatoms. The van der Waals surface area contributed by atoms with Crippen LogP contribution >= 0.6 is 11.3 Å². The summed E-state index contributed by atoms with van der Waals surface area (Å²) < 4.78 is 1.33. The van der Waals surface area contributed by atoms with E-state index in [4.69, 9.17) is 4.98 Å². The summed E-state index contributed by atoms with van der Waals surface area (Å²) >= 11 is 1.56. The zero-order valence-electron chi connectivity index (χ0n) is 14.4. The van der Waals surface area contributed by atoms with Crippen LogP contribution in [0.5, 0.6) is 0 Å². The van der Waals surface area contributed by atoms with Gasteiger partial charge in [-0.05, 0) is 49.8 Å². The van der Waals surface area contributed by atoms with Gasteiger partial charge in [-0.1, -0.05) is 13.0 Å². The van der Waals surface area contributed by atoms with Crippen LogP contribution in [-0.2, 0) is 17.6 Å². The van der Waals surface area contributed by atoms with Crippen LogP contribution in [0.1, 0.15) is 42.7 Å². The standard InChI is InChI=1S/C19H19N3O3S/c1-2-13(19(24)25)22-16(12-8-5-6-10-20-12)21-17-15(18(22)23)11-7-3-4-9-14(11)26-17/h5-6,8,10,13H,2-4,7,9H2,1H3,(H,24,25). The minimum absolute atomic E-state index is 0.260. The van der Waals surface area contributed by atoms with Crippen molar-refractivity contribution in [3.8, 4) is 11.5 Å².